The van der Waals surface area contributed by atoms with Crippen molar-refractivity contribution in [1.29, 1.82) is 0 Å². The second kappa shape index (κ2) is 9.55. The van der Waals surface area contributed by atoms with Crippen LogP contribution in [-0.4, -0.2) is 25.7 Å². The van der Waals surface area contributed by atoms with E-state index < -0.39 is 5.25 Å². The summed E-state index contributed by atoms with van der Waals surface area (Å²) < 4.78 is 2.13. The fraction of sp³-hybridized carbons (Fsp3) is 0.167. The number of thioether (sulfide) groups is 1. The molecule has 33 heavy (non-hydrogen) atoms. The van der Waals surface area contributed by atoms with Crippen LogP contribution < -0.4 is 5.32 Å². The first-order valence-corrected chi connectivity index (χ1v) is 12.1. The first-order valence-electron chi connectivity index (χ1n) is 10.4. The van der Waals surface area contributed by atoms with Gasteiger partial charge in [-0.2, -0.15) is 0 Å². The maximum atomic E-state index is 13.4. The number of carbonyl (C=O) groups is 1. The number of hydrogen-bond acceptors (Lipinski definition) is 5. The number of nitrogens with zero attached hydrogens (tertiary/aromatic N) is 4. The van der Waals surface area contributed by atoms with E-state index in [4.69, 9.17) is 23.2 Å². The van der Waals surface area contributed by atoms with Gasteiger partial charge in [0, 0.05) is 39.7 Å². The molecule has 6 nitrogen and oxygen atoms in total. The van der Waals surface area contributed by atoms with Crippen molar-refractivity contribution in [3.63, 3.8) is 0 Å². The Bertz CT molecular complexity index is 1260. The van der Waals surface area contributed by atoms with Gasteiger partial charge in [0.15, 0.2) is 11.0 Å². The number of carbonyl (C=O) groups excluding carboxylic acids is 1. The lowest BCUT2D eigenvalue weighted by atomic mass is 10.1. The second-order valence-corrected chi connectivity index (χ2v) is 9.65. The fourth-order valence-corrected chi connectivity index (χ4v) is 5.18. The minimum absolute atomic E-state index is 0.196. The number of pyridine rings is 1. The molecule has 0 aliphatic heterocycles. The van der Waals surface area contributed by atoms with Crippen LogP contribution in [0.2, 0.25) is 10.0 Å². The first kappa shape index (κ1) is 21.9. The molecule has 4 aromatic rings. The molecule has 0 radical (unpaired) electrons. The molecule has 2 aromatic carbocycles. The lowest BCUT2D eigenvalue weighted by Crippen LogP contribution is -2.19. The van der Waals surface area contributed by atoms with Gasteiger partial charge in [-0.1, -0.05) is 65.3 Å². The Morgan fingerprint density at radius 2 is 1.79 bits per heavy atom. The van der Waals surface area contributed by atoms with Gasteiger partial charge in [-0.15, -0.1) is 10.2 Å². The molecule has 0 saturated heterocycles. The van der Waals surface area contributed by atoms with E-state index in [1.54, 1.807) is 30.6 Å². The van der Waals surface area contributed by atoms with E-state index in [0.29, 0.717) is 26.9 Å². The molecule has 1 aliphatic rings. The highest BCUT2D eigenvalue weighted by molar-refractivity contribution is 8.00. The number of anilines is 1. The number of benzene rings is 2. The number of amides is 1. The van der Waals surface area contributed by atoms with E-state index in [0.717, 1.165) is 29.8 Å². The van der Waals surface area contributed by atoms with Crippen molar-refractivity contribution in [2.75, 3.05) is 5.32 Å². The largest absolute Gasteiger partial charge is 0.325 e. The third-order valence-corrected chi connectivity index (χ3v) is 6.84. The third kappa shape index (κ3) is 5.05. The molecule has 5 rings (SSSR count). The standard InChI is InChI=1S/C24H19Cl2N5OS/c25-17-11-18(26)13-19(12-17)28-23(32)21(15-5-2-1-3-6-15)33-24-30-29-22(31(24)20-8-9-20)16-7-4-10-27-14-16/h1-7,10-14,20-21H,8-9H2,(H,28,32). The molecule has 2 heterocycles. The lowest BCUT2D eigenvalue weighted by molar-refractivity contribution is -0.115. The summed E-state index contributed by atoms with van der Waals surface area (Å²) in [5.74, 6) is 0.569. The van der Waals surface area contributed by atoms with Crippen molar-refractivity contribution in [3.05, 3.63) is 88.7 Å². The van der Waals surface area contributed by atoms with E-state index in [1.165, 1.54) is 11.8 Å². The highest BCUT2D eigenvalue weighted by atomic mass is 35.5. The summed E-state index contributed by atoms with van der Waals surface area (Å²) in [6, 6.07) is 18.8. The van der Waals surface area contributed by atoms with Crippen LogP contribution in [0.4, 0.5) is 5.69 Å². The van der Waals surface area contributed by atoms with Gasteiger partial charge in [0.05, 0.1) is 0 Å². The maximum absolute atomic E-state index is 13.4. The molecule has 166 valence electrons. The predicted molar refractivity (Wildman–Crippen MR) is 132 cm³/mol. The number of aromatic nitrogens is 4. The molecule has 1 N–H and O–H groups in total. The minimum Gasteiger partial charge on any atom is -0.325 e. The summed E-state index contributed by atoms with van der Waals surface area (Å²) >= 11 is 13.6. The molecule has 9 heteroatoms. The van der Waals surface area contributed by atoms with Gasteiger partial charge in [-0.25, -0.2) is 0 Å². The highest BCUT2D eigenvalue weighted by Gasteiger charge is 2.33. The topological polar surface area (TPSA) is 72.7 Å². The van der Waals surface area contributed by atoms with Crippen LogP contribution in [0.5, 0.6) is 0 Å². The highest BCUT2D eigenvalue weighted by Crippen LogP contribution is 2.44. The second-order valence-electron chi connectivity index (χ2n) is 7.71. The molecule has 1 unspecified atom stereocenters. The molecular weight excluding hydrogens is 477 g/mol. The van der Waals surface area contributed by atoms with Crippen molar-refractivity contribution in [2.24, 2.45) is 0 Å². The monoisotopic (exact) mass is 495 g/mol. The van der Waals surface area contributed by atoms with E-state index >= 15 is 0 Å². The van der Waals surface area contributed by atoms with Gasteiger partial charge in [-0.3, -0.25) is 14.3 Å². The molecule has 1 saturated carbocycles. The number of hydrogen-bond donors (Lipinski definition) is 1. The zero-order valence-corrected chi connectivity index (χ0v) is 19.7. The van der Waals surface area contributed by atoms with Gasteiger partial charge in [0.2, 0.25) is 5.91 Å². The molecule has 1 amide bonds. The average molecular weight is 496 g/mol. The summed E-state index contributed by atoms with van der Waals surface area (Å²) in [7, 11) is 0. The Morgan fingerprint density at radius 1 is 1.03 bits per heavy atom. The van der Waals surface area contributed by atoms with Crippen molar-refractivity contribution in [1.82, 2.24) is 19.7 Å². The van der Waals surface area contributed by atoms with Gasteiger partial charge < -0.3 is 5.32 Å². The minimum atomic E-state index is -0.549. The summed E-state index contributed by atoms with van der Waals surface area (Å²) in [5.41, 5.74) is 2.30. The summed E-state index contributed by atoms with van der Waals surface area (Å²) in [6.45, 7) is 0. The van der Waals surface area contributed by atoms with Crippen LogP contribution in [0.1, 0.15) is 29.7 Å². The van der Waals surface area contributed by atoms with E-state index in [-0.39, 0.29) is 5.91 Å². The molecule has 1 aliphatic carbocycles. The lowest BCUT2D eigenvalue weighted by Gasteiger charge is -2.18. The molecule has 1 fully saturated rings. The molecule has 0 bridgehead atoms. The molecule has 1 atom stereocenters. The van der Waals surface area contributed by atoms with Crippen LogP contribution in [0.15, 0.2) is 78.2 Å². The SMILES string of the molecule is O=C(Nc1cc(Cl)cc(Cl)c1)C(Sc1nnc(-c2cccnc2)n1C1CC1)c1ccccc1. The fourth-order valence-electron chi connectivity index (χ4n) is 3.55. The van der Waals surface area contributed by atoms with Crippen molar-refractivity contribution >= 4 is 46.6 Å². The Hall–Kier alpha value is -2.87. The Morgan fingerprint density at radius 3 is 2.45 bits per heavy atom. The van der Waals surface area contributed by atoms with Crippen molar-refractivity contribution in [2.45, 2.75) is 29.3 Å². The molecule has 0 spiro atoms. The Balaban J connectivity index is 1.49. The summed E-state index contributed by atoms with van der Waals surface area (Å²) in [5, 5.41) is 12.9. The van der Waals surface area contributed by atoms with Crippen LogP contribution >= 0.6 is 35.0 Å². The zero-order chi connectivity index (χ0) is 22.8. The van der Waals surface area contributed by atoms with Gasteiger partial charge in [-0.05, 0) is 48.7 Å². The van der Waals surface area contributed by atoms with Gasteiger partial charge >= 0.3 is 0 Å². The predicted octanol–water partition coefficient (Wildman–Crippen LogP) is 6.45. The number of nitrogens with one attached hydrogen (secondary N) is 1. The first-order chi connectivity index (χ1) is 16.1. The smallest absolute Gasteiger partial charge is 0.242 e. The quantitative estimate of drug-likeness (QED) is 0.298. The maximum Gasteiger partial charge on any atom is 0.242 e. The van der Waals surface area contributed by atoms with Crippen LogP contribution in [-0.2, 0) is 4.79 Å². The summed E-state index contributed by atoms with van der Waals surface area (Å²) in [6.07, 6.45) is 5.63. The van der Waals surface area contributed by atoms with Crippen molar-refractivity contribution in [3.8, 4) is 11.4 Å². The summed E-state index contributed by atoms with van der Waals surface area (Å²) in [4.78, 5) is 17.6. The third-order valence-electron chi connectivity index (χ3n) is 5.19. The van der Waals surface area contributed by atoms with E-state index in [9.17, 15) is 4.79 Å². The van der Waals surface area contributed by atoms with Crippen LogP contribution in [0.3, 0.4) is 0 Å². The van der Waals surface area contributed by atoms with Crippen LogP contribution in [0, 0.1) is 0 Å². The van der Waals surface area contributed by atoms with Gasteiger partial charge in [0.25, 0.3) is 0 Å². The normalized spacial score (nSPS) is 14.1. The number of halogens is 2. The van der Waals surface area contributed by atoms with E-state index in [1.807, 2.05) is 42.5 Å². The zero-order valence-electron chi connectivity index (χ0n) is 17.4. The van der Waals surface area contributed by atoms with E-state index in [2.05, 4.69) is 25.1 Å². The molecular formula is C24H19Cl2N5OS. The Kier molecular flexibility index (Phi) is 6.35. The Labute approximate surface area is 205 Å². The average Bonchev–Trinajstić information content (AvgIpc) is 3.57. The van der Waals surface area contributed by atoms with Crippen LogP contribution in [0.25, 0.3) is 11.4 Å². The van der Waals surface area contributed by atoms with Crippen molar-refractivity contribution < 1.29 is 4.79 Å². The van der Waals surface area contributed by atoms with Gasteiger partial charge in [0.1, 0.15) is 5.25 Å². The molecule has 2 aromatic heterocycles. The number of rotatable bonds is 7.